The van der Waals surface area contributed by atoms with E-state index in [9.17, 15) is 4.79 Å². The molecular formula is C20H26N4O2. The van der Waals surface area contributed by atoms with E-state index in [4.69, 9.17) is 4.74 Å². The molecular weight excluding hydrogens is 328 g/mol. The highest BCUT2D eigenvalue weighted by Gasteiger charge is 2.18. The van der Waals surface area contributed by atoms with Crippen LogP contribution in [0.25, 0.3) is 0 Å². The van der Waals surface area contributed by atoms with Crippen molar-refractivity contribution in [3.63, 3.8) is 0 Å². The molecule has 1 amide bonds. The number of nitrogens with one attached hydrogen (secondary N) is 1. The van der Waals surface area contributed by atoms with Crippen molar-refractivity contribution in [1.82, 2.24) is 14.9 Å². The van der Waals surface area contributed by atoms with E-state index >= 15 is 0 Å². The van der Waals surface area contributed by atoms with Crippen LogP contribution in [0.2, 0.25) is 0 Å². The second-order valence-corrected chi connectivity index (χ2v) is 6.73. The van der Waals surface area contributed by atoms with Crippen molar-refractivity contribution >= 4 is 11.6 Å². The van der Waals surface area contributed by atoms with E-state index in [1.165, 1.54) is 6.33 Å². The van der Waals surface area contributed by atoms with E-state index in [1.807, 2.05) is 24.3 Å². The van der Waals surface area contributed by atoms with Gasteiger partial charge in [0, 0.05) is 25.0 Å². The smallest absolute Gasteiger partial charge is 0.259 e. The summed E-state index contributed by atoms with van der Waals surface area (Å²) in [7, 11) is 2.14. The van der Waals surface area contributed by atoms with Crippen molar-refractivity contribution in [2.75, 3.05) is 25.5 Å². The number of nitrogens with zero attached hydrogens (tertiary/aromatic N) is 3. The van der Waals surface area contributed by atoms with Crippen molar-refractivity contribution in [1.29, 1.82) is 0 Å². The lowest BCUT2D eigenvalue weighted by Gasteiger charge is -2.29. The van der Waals surface area contributed by atoms with Gasteiger partial charge < -0.3 is 15.0 Å². The highest BCUT2D eigenvalue weighted by molar-refractivity contribution is 6.04. The van der Waals surface area contributed by atoms with Gasteiger partial charge in [0.15, 0.2) is 0 Å². The van der Waals surface area contributed by atoms with Gasteiger partial charge in [-0.25, -0.2) is 9.97 Å². The van der Waals surface area contributed by atoms with E-state index in [-0.39, 0.29) is 12.0 Å². The van der Waals surface area contributed by atoms with Crippen LogP contribution in [-0.4, -0.2) is 47.0 Å². The van der Waals surface area contributed by atoms with Crippen LogP contribution in [0.3, 0.4) is 0 Å². The number of hydrogen-bond donors (Lipinski definition) is 1. The lowest BCUT2D eigenvalue weighted by molar-refractivity contribution is 0.102. The molecule has 6 nitrogen and oxygen atoms in total. The zero-order chi connectivity index (χ0) is 18.4. The number of hydrogen-bond acceptors (Lipinski definition) is 5. The molecule has 0 spiro atoms. The lowest BCUT2D eigenvalue weighted by Crippen LogP contribution is -2.35. The van der Waals surface area contributed by atoms with Crippen LogP contribution in [0.5, 0.6) is 5.75 Å². The molecule has 1 aliphatic heterocycles. The summed E-state index contributed by atoms with van der Waals surface area (Å²) in [6.45, 7) is 4.20. The minimum Gasteiger partial charge on any atom is -0.490 e. The quantitative estimate of drug-likeness (QED) is 0.863. The highest BCUT2D eigenvalue weighted by atomic mass is 16.5. The van der Waals surface area contributed by atoms with Gasteiger partial charge in [0.1, 0.15) is 18.2 Å². The third-order valence-corrected chi connectivity index (χ3v) is 4.61. The molecule has 1 N–H and O–H groups in total. The molecule has 0 aliphatic carbocycles. The Labute approximate surface area is 154 Å². The Morgan fingerprint density at radius 3 is 2.69 bits per heavy atom. The van der Waals surface area contributed by atoms with Crippen molar-refractivity contribution in [2.24, 2.45) is 0 Å². The molecule has 1 fully saturated rings. The summed E-state index contributed by atoms with van der Waals surface area (Å²) >= 11 is 0. The Balaban J connectivity index is 1.60. The molecule has 0 atom stereocenters. The molecule has 2 aromatic rings. The summed E-state index contributed by atoms with van der Waals surface area (Å²) in [6, 6.07) is 7.54. The highest BCUT2D eigenvalue weighted by Crippen LogP contribution is 2.21. The Bertz CT molecular complexity index is 725. The first-order chi connectivity index (χ1) is 12.7. The molecule has 3 rings (SSSR count). The van der Waals surface area contributed by atoms with Crippen LogP contribution >= 0.6 is 0 Å². The second kappa shape index (κ2) is 8.76. The largest absolute Gasteiger partial charge is 0.490 e. The summed E-state index contributed by atoms with van der Waals surface area (Å²) < 4.78 is 6.04. The number of piperidine rings is 1. The summed E-state index contributed by atoms with van der Waals surface area (Å²) in [5.74, 6) is 0.658. The van der Waals surface area contributed by atoms with Crippen molar-refractivity contribution in [3.8, 4) is 5.75 Å². The molecule has 2 heterocycles. The van der Waals surface area contributed by atoms with Gasteiger partial charge in [-0.3, -0.25) is 4.79 Å². The SMILES string of the molecule is CCCc1ncncc1C(=O)Nc1ccc(OC2CCN(C)CC2)cc1. The van der Waals surface area contributed by atoms with Gasteiger partial charge in [-0.2, -0.15) is 0 Å². The molecule has 1 saturated heterocycles. The van der Waals surface area contributed by atoms with Gasteiger partial charge in [-0.15, -0.1) is 0 Å². The summed E-state index contributed by atoms with van der Waals surface area (Å²) in [5, 5.41) is 2.91. The fourth-order valence-corrected chi connectivity index (χ4v) is 3.09. The minimum atomic E-state index is -0.182. The summed E-state index contributed by atoms with van der Waals surface area (Å²) in [6.07, 6.45) is 7.10. The van der Waals surface area contributed by atoms with Gasteiger partial charge in [-0.1, -0.05) is 13.3 Å². The first kappa shape index (κ1) is 18.3. The first-order valence-corrected chi connectivity index (χ1v) is 9.21. The number of carbonyl (C=O) groups excluding carboxylic acids is 1. The minimum absolute atomic E-state index is 0.182. The number of benzene rings is 1. The van der Waals surface area contributed by atoms with Crippen molar-refractivity contribution in [3.05, 3.63) is 48.0 Å². The van der Waals surface area contributed by atoms with E-state index in [1.54, 1.807) is 6.20 Å². The van der Waals surface area contributed by atoms with E-state index in [0.29, 0.717) is 5.56 Å². The van der Waals surface area contributed by atoms with Crippen molar-refractivity contribution in [2.45, 2.75) is 38.7 Å². The predicted molar refractivity (Wildman–Crippen MR) is 102 cm³/mol. The van der Waals surface area contributed by atoms with Gasteiger partial charge in [0.2, 0.25) is 0 Å². The molecule has 1 aliphatic rings. The zero-order valence-corrected chi connectivity index (χ0v) is 15.4. The molecule has 0 saturated carbocycles. The molecule has 0 unspecified atom stereocenters. The Morgan fingerprint density at radius 2 is 2.00 bits per heavy atom. The number of aryl methyl sites for hydroxylation is 1. The zero-order valence-electron chi connectivity index (χ0n) is 15.4. The maximum absolute atomic E-state index is 12.5. The average Bonchev–Trinajstić information content (AvgIpc) is 2.66. The molecule has 138 valence electrons. The molecule has 1 aromatic carbocycles. The van der Waals surface area contributed by atoms with Gasteiger partial charge in [0.25, 0.3) is 5.91 Å². The lowest BCUT2D eigenvalue weighted by atomic mass is 10.1. The number of likely N-dealkylation sites (tertiary alicyclic amines) is 1. The van der Waals surface area contributed by atoms with Gasteiger partial charge in [0.05, 0.1) is 11.3 Å². The fourth-order valence-electron chi connectivity index (χ4n) is 3.09. The number of carbonyl (C=O) groups is 1. The van der Waals surface area contributed by atoms with Crippen molar-refractivity contribution < 1.29 is 9.53 Å². The third-order valence-electron chi connectivity index (χ3n) is 4.61. The van der Waals surface area contributed by atoms with E-state index in [0.717, 1.165) is 55.9 Å². The molecule has 0 bridgehead atoms. The van der Waals surface area contributed by atoms with Crippen LogP contribution in [0, 0.1) is 0 Å². The maximum atomic E-state index is 12.5. The topological polar surface area (TPSA) is 67.3 Å². The van der Waals surface area contributed by atoms with Gasteiger partial charge >= 0.3 is 0 Å². The third kappa shape index (κ3) is 4.79. The van der Waals surface area contributed by atoms with Gasteiger partial charge in [-0.05, 0) is 50.6 Å². The van der Waals surface area contributed by atoms with E-state index < -0.39 is 0 Å². The number of aromatic nitrogens is 2. The predicted octanol–water partition coefficient (Wildman–Crippen LogP) is 3.15. The van der Waals surface area contributed by atoms with Crippen LogP contribution in [0.4, 0.5) is 5.69 Å². The Kier molecular flexibility index (Phi) is 6.17. The summed E-state index contributed by atoms with van der Waals surface area (Å²) in [5.41, 5.74) is 2.04. The summed E-state index contributed by atoms with van der Waals surface area (Å²) in [4.78, 5) is 23.0. The molecule has 0 radical (unpaired) electrons. The maximum Gasteiger partial charge on any atom is 0.259 e. The number of rotatable bonds is 6. The van der Waals surface area contributed by atoms with Crippen LogP contribution in [0.15, 0.2) is 36.8 Å². The molecule has 26 heavy (non-hydrogen) atoms. The number of amides is 1. The fraction of sp³-hybridized carbons (Fsp3) is 0.450. The molecule has 6 heteroatoms. The number of anilines is 1. The van der Waals surface area contributed by atoms with Crippen LogP contribution in [0.1, 0.15) is 42.2 Å². The Morgan fingerprint density at radius 1 is 1.27 bits per heavy atom. The first-order valence-electron chi connectivity index (χ1n) is 9.21. The van der Waals surface area contributed by atoms with Crippen LogP contribution < -0.4 is 10.1 Å². The monoisotopic (exact) mass is 354 g/mol. The standard InChI is InChI=1S/C20H26N4O2/c1-3-4-19-18(13-21-14-22-19)20(25)23-15-5-7-16(8-6-15)26-17-9-11-24(2)12-10-17/h5-8,13-14,17H,3-4,9-12H2,1-2H3,(H,23,25). The second-order valence-electron chi connectivity index (χ2n) is 6.73. The average molecular weight is 354 g/mol. The van der Waals surface area contributed by atoms with Crippen LogP contribution in [-0.2, 0) is 6.42 Å². The normalized spacial score (nSPS) is 15.6. The number of ether oxygens (including phenoxy) is 1. The molecule has 1 aromatic heterocycles. The van der Waals surface area contributed by atoms with E-state index in [2.05, 4.69) is 34.2 Å². The Hall–Kier alpha value is -2.47.